The van der Waals surface area contributed by atoms with Crippen LogP contribution in [0.15, 0.2) is 22.7 Å². The van der Waals surface area contributed by atoms with E-state index in [9.17, 15) is 5.26 Å². The number of ether oxygens (including phenoxy) is 2. The highest BCUT2D eigenvalue weighted by Gasteiger charge is 2.47. The van der Waals surface area contributed by atoms with Crippen LogP contribution in [0.1, 0.15) is 11.6 Å². The Morgan fingerprint density at radius 2 is 2.28 bits per heavy atom. The highest BCUT2D eigenvalue weighted by molar-refractivity contribution is 9.10. The van der Waals surface area contributed by atoms with Crippen molar-refractivity contribution in [2.24, 2.45) is 5.41 Å². The van der Waals surface area contributed by atoms with Gasteiger partial charge in [0.15, 0.2) is 0 Å². The number of nitrogens with one attached hydrogen (secondary N) is 1. The van der Waals surface area contributed by atoms with Crippen molar-refractivity contribution < 1.29 is 9.47 Å². The van der Waals surface area contributed by atoms with Crippen LogP contribution in [0, 0.1) is 16.7 Å². The predicted molar refractivity (Wildman–Crippen MR) is 71.4 cm³/mol. The molecule has 96 valence electrons. The number of hydrogen-bond donors (Lipinski definition) is 1. The molecule has 1 unspecified atom stereocenters. The van der Waals surface area contributed by atoms with Crippen LogP contribution in [0.25, 0.3) is 0 Å². The topological polar surface area (TPSA) is 54.3 Å². The molecule has 2 rings (SSSR count). The second-order valence-corrected chi connectivity index (χ2v) is 5.28. The van der Waals surface area contributed by atoms with Gasteiger partial charge in [0.1, 0.15) is 11.2 Å². The molecule has 1 fully saturated rings. The Kier molecular flexibility index (Phi) is 3.91. The Morgan fingerprint density at radius 1 is 1.56 bits per heavy atom. The van der Waals surface area contributed by atoms with Crippen LogP contribution in [0.2, 0.25) is 0 Å². The van der Waals surface area contributed by atoms with Gasteiger partial charge in [-0.3, -0.25) is 0 Å². The normalized spacial score (nSPS) is 18.6. The van der Waals surface area contributed by atoms with Crippen molar-refractivity contribution in [1.82, 2.24) is 5.32 Å². The molecular formula is C13H15BrN2O2. The van der Waals surface area contributed by atoms with E-state index in [1.54, 1.807) is 7.11 Å². The molecule has 1 N–H and O–H groups in total. The summed E-state index contributed by atoms with van der Waals surface area (Å²) in [4.78, 5) is 0. The van der Waals surface area contributed by atoms with Crippen molar-refractivity contribution in [2.45, 2.75) is 6.04 Å². The number of halogens is 1. The van der Waals surface area contributed by atoms with Crippen molar-refractivity contribution in [1.29, 1.82) is 5.26 Å². The van der Waals surface area contributed by atoms with Crippen LogP contribution < -0.4 is 10.1 Å². The Morgan fingerprint density at radius 3 is 2.72 bits per heavy atom. The highest BCUT2D eigenvalue weighted by Crippen LogP contribution is 2.43. The molecule has 0 aromatic heterocycles. The molecule has 1 saturated heterocycles. The maximum atomic E-state index is 9.41. The number of nitrogens with zero attached hydrogens (tertiary/aromatic N) is 1. The summed E-state index contributed by atoms with van der Waals surface area (Å²) < 4.78 is 11.6. The first-order valence-electron chi connectivity index (χ1n) is 5.66. The fraction of sp³-hybridized carbons (Fsp3) is 0.462. The third-order valence-electron chi connectivity index (χ3n) is 3.29. The lowest BCUT2D eigenvalue weighted by molar-refractivity contribution is -0.0966. The van der Waals surface area contributed by atoms with E-state index in [4.69, 9.17) is 9.47 Å². The van der Waals surface area contributed by atoms with E-state index in [0.29, 0.717) is 13.2 Å². The second kappa shape index (κ2) is 5.27. The van der Waals surface area contributed by atoms with Gasteiger partial charge in [0.05, 0.1) is 32.4 Å². The summed E-state index contributed by atoms with van der Waals surface area (Å²) in [5, 5.41) is 12.6. The molecule has 0 spiro atoms. The maximum absolute atomic E-state index is 9.41. The highest BCUT2D eigenvalue weighted by atomic mass is 79.9. The molecule has 0 bridgehead atoms. The first kappa shape index (κ1) is 13.3. The summed E-state index contributed by atoms with van der Waals surface area (Å²) in [7, 11) is 3.48. The van der Waals surface area contributed by atoms with Crippen molar-refractivity contribution in [3.63, 3.8) is 0 Å². The summed E-state index contributed by atoms with van der Waals surface area (Å²) in [5.41, 5.74) is 0.460. The number of benzene rings is 1. The van der Waals surface area contributed by atoms with E-state index >= 15 is 0 Å². The first-order chi connectivity index (χ1) is 8.66. The Balaban J connectivity index is 2.44. The van der Waals surface area contributed by atoms with Crippen LogP contribution in [-0.4, -0.2) is 27.4 Å². The van der Waals surface area contributed by atoms with E-state index in [1.165, 1.54) is 0 Å². The molecule has 0 aliphatic carbocycles. The zero-order valence-corrected chi connectivity index (χ0v) is 12.0. The molecule has 0 saturated carbocycles. The molecule has 1 aromatic carbocycles. The average Bonchev–Trinajstić information content (AvgIpc) is 2.33. The molecule has 18 heavy (non-hydrogen) atoms. The van der Waals surface area contributed by atoms with Gasteiger partial charge in [0.2, 0.25) is 0 Å². The van der Waals surface area contributed by atoms with Crippen LogP contribution >= 0.6 is 15.9 Å². The van der Waals surface area contributed by atoms with Crippen molar-refractivity contribution >= 4 is 15.9 Å². The molecule has 0 radical (unpaired) electrons. The fourth-order valence-corrected chi connectivity index (χ4v) is 2.66. The lowest BCUT2D eigenvalue weighted by Crippen LogP contribution is -2.50. The molecule has 1 aromatic rings. The minimum absolute atomic E-state index is 0.108. The molecule has 1 atom stereocenters. The average molecular weight is 311 g/mol. The van der Waals surface area contributed by atoms with Gasteiger partial charge in [-0.2, -0.15) is 5.26 Å². The third kappa shape index (κ3) is 2.12. The Hall–Kier alpha value is -1.09. The SMILES string of the molecule is CNC(c1cc(Br)ccc1OC)C1(C#N)COC1. The van der Waals surface area contributed by atoms with E-state index in [1.807, 2.05) is 25.2 Å². The van der Waals surface area contributed by atoms with Gasteiger partial charge in [-0.25, -0.2) is 0 Å². The fourth-order valence-electron chi connectivity index (χ4n) is 2.28. The van der Waals surface area contributed by atoms with Gasteiger partial charge in [0.25, 0.3) is 0 Å². The molecule has 5 heteroatoms. The quantitative estimate of drug-likeness (QED) is 0.927. The van der Waals surface area contributed by atoms with Gasteiger partial charge in [-0.1, -0.05) is 15.9 Å². The monoisotopic (exact) mass is 310 g/mol. The summed E-state index contributed by atoms with van der Waals surface area (Å²) in [5.74, 6) is 0.777. The zero-order chi connectivity index (χ0) is 13.2. The minimum atomic E-state index is -0.511. The van der Waals surface area contributed by atoms with Crippen LogP contribution in [0.5, 0.6) is 5.75 Å². The second-order valence-electron chi connectivity index (χ2n) is 4.37. The molecule has 1 aliphatic rings. The number of rotatable bonds is 4. The number of methoxy groups -OCH3 is 1. The smallest absolute Gasteiger partial charge is 0.123 e. The van der Waals surface area contributed by atoms with Gasteiger partial charge < -0.3 is 14.8 Å². The molecule has 1 heterocycles. The first-order valence-corrected chi connectivity index (χ1v) is 6.46. The summed E-state index contributed by atoms with van der Waals surface area (Å²) in [6.07, 6.45) is 0. The molecule has 0 amide bonds. The summed E-state index contributed by atoms with van der Waals surface area (Å²) in [6, 6.07) is 8.07. The van der Waals surface area contributed by atoms with Crippen LogP contribution in [0.4, 0.5) is 0 Å². The summed E-state index contributed by atoms with van der Waals surface area (Å²) >= 11 is 3.45. The Bertz CT molecular complexity index is 480. The van der Waals surface area contributed by atoms with Gasteiger partial charge in [0, 0.05) is 10.0 Å². The minimum Gasteiger partial charge on any atom is -0.496 e. The molecular weight excluding hydrogens is 296 g/mol. The standard InChI is InChI=1S/C13H15BrN2O2/c1-16-12(13(6-15)7-18-8-13)10-5-9(14)3-4-11(10)17-2/h3-5,12,16H,7-8H2,1-2H3. The van der Waals surface area contributed by atoms with Crippen LogP contribution in [-0.2, 0) is 4.74 Å². The summed E-state index contributed by atoms with van der Waals surface area (Å²) in [6.45, 7) is 0.898. The largest absolute Gasteiger partial charge is 0.496 e. The molecule has 4 nitrogen and oxygen atoms in total. The third-order valence-corrected chi connectivity index (χ3v) is 3.78. The number of nitriles is 1. The van der Waals surface area contributed by atoms with Crippen molar-refractivity contribution in [3.05, 3.63) is 28.2 Å². The molecule has 1 aliphatic heterocycles. The van der Waals surface area contributed by atoms with E-state index in [0.717, 1.165) is 15.8 Å². The van der Waals surface area contributed by atoms with E-state index in [-0.39, 0.29) is 6.04 Å². The van der Waals surface area contributed by atoms with E-state index in [2.05, 4.69) is 27.3 Å². The van der Waals surface area contributed by atoms with Gasteiger partial charge in [-0.15, -0.1) is 0 Å². The lowest BCUT2D eigenvalue weighted by atomic mass is 9.76. The number of hydrogen-bond acceptors (Lipinski definition) is 4. The van der Waals surface area contributed by atoms with Crippen LogP contribution in [0.3, 0.4) is 0 Å². The zero-order valence-electron chi connectivity index (χ0n) is 10.4. The van der Waals surface area contributed by atoms with Crippen molar-refractivity contribution in [2.75, 3.05) is 27.4 Å². The van der Waals surface area contributed by atoms with Gasteiger partial charge in [-0.05, 0) is 25.2 Å². The van der Waals surface area contributed by atoms with E-state index < -0.39 is 5.41 Å². The predicted octanol–water partition coefficient (Wildman–Crippen LogP) is 2.26. The Labute approximate surface area is 115 Å². The maximum Gasteiger partial charge on any atom is 0.123 e. The van der Waals surface area contributed by atoms with Gasteiger partial charge >= 0.3 is 0 Å². The lowest BCUT2D eigenvalue weighted by Gasteiger charge is -2.42. The van der Waals surface area contributed by atoms with Crippen molar-refractivity contribution in [3.8, 4) is 11.8 Å².